The smallest absolute Gasteiger partial charge is 0.341 e. The fraction of sp³-hybridized carbons (Fsp3) is 0.300. The van der Waals surface area contributed by atoms with Crippen LogP contribution in [-0.4, -0.2) is 56.6 Å². The number of hydrogen-bond donors (Lipinski definition) is 2. The number of esters is 2. The van der Waals surface area contributed by atoms with Crippen LogP contribution < -0.4 is 5.32 Å². The summed E-state index contributed by atoms with van der Waals surface area (Å²) >= 11 is 0. The molecule has 3 rings (SSSR count). The number of ether oxygens (including phenoxy) is 4. The van der Waals surface area contributed by atoms with Gasteiger partial charge in [-0.1, -0.05) is 50.2 Å². The molecule has 9 nitrogen and oxygen atoms in total. The molecule has 0 bridgehead atoms. The van der Waals surface area contributed by atoms with E-state index in [1.165, 1.54) is 31.4 Å². The molecular formula is C30H33NO8. The predicted molar refractivity (Wildman–Crippen MR) is 144 cm³/mol. The number of methoxy groups -OCH3 is 1. The molecule has 0 atom stereocenters. The lowest BCUT2D eigenvalue weighted by Gasteiger charge is -2.16. The van der Waals surface area contributed by atoms with E-state index in [0.717, 1.165) is 5.56 Å². The van der Waals surface area contributed by atoms with Crippen molar-refractivity contribution < 1.29 is 38.4 Å². The summed E-state index contributed by atoms with van der Waals surface area (Å²) in [7, 11) is 1.52. The Morgan fingerprint density at radius 1 is 0.846 bits per heavy atom. The standard InChI is InChI=1S/C30H33NO8/c1-20(2)17-31-28(33)22-9-11-24(26(15-22)29(34)38-18-21-7-5-4-6-8-21)25-12-10-23(32)16-27(25)30(35)39-19-37-14-13-36-3/h4-12,15-16,20,32H,13-14,17-19H2,1-3H3,(H,31,33). The van der Waals surface area contributed by atoms with E-state index in [1.54, 1.807) is 12.1 Å². The van der Waals surface area contributed by atoms with Crippen molar-refractivity contribution in [3.63, 3.8) is 0 Å². The Morgan fingerprint density at radius 2 is 1.51 bits per heavy atom. The average Bonchev–Trinajstić information content (AvgIpc) is 2.94. The fourth-order valence-electron chi connectivity index (χ4n) is 3.60. The van der Waals surface area contributed by atoms with Crippen LogP contribution in [0.15, 0.2) is 66.7 Å². The van der Waals surface area contributed by atoms with E-state index in [2.05, 4.69) is 5.32 Å². The molecule has 0 radical (unpaired) electrons. The second kappa shape index (κ2) is 14.7. The van der Waals surface area contributed by atoms with Crippen LogP contribution in [0.1, 0.15) is 50.5 Å². The molecule has 0 fully saturated rings. The normalized spacial score (nSPS) is 10.8. The lowest BCUT2D eigenvalue weighted by Crippen LogP contribution is -2.27. The van der Waals surface area contributed by atoms with Gasteiger partial charge in [0.2, 0.25) is 0 Å². The fourth-order valence-corrected chi connectivity index (χ4v) is 3.60. The predicted octanol–water partition coefficient (Wildman–Crippen LogP) is 4.58. The zero-order valence-corrected chi connectivity index (χ0v) is 22.3. The van der Waals surface area contributed by atoms with E-state index in [-0.39, 0.29) is 54.3 Å². The molecule has 0 aliphatic rings. The first-order chi connectivity index (χ1) is 18.8. The van der Waals surface area contributed by atoms with Gasteiger partial charge in [-0.15, -0.1) is 0 Å². The first-order valence-electron chi connectivity index (χ1n) is 12.5. The van der Waals surface area contributed by atoms with Crippen molar-refractivity contribution >= 4 is 17.8 Å². The van der Waals surface area contributed by atoms with Crippen molar-refractivity contribution in [1.29, 1.82) is 0 Å². The molecule has 0 aromatic heterocycles. The zero-order valence-electron chi connectivity index (χ0n) is 22.3. The first kappa shape index (κ1) is 29.3. The van der Waals surface area contributed by atoms with Crippen LogP contribution in [-0.2, 0) is 25.6 Å². The minimum atomic E-state index is -0.763. The Bertz CT molecular complexity index is 1270. The molecule has 206 valence electrons. The van der Waals surface area contributed by atoms with E-state index in [1.807, 2.05) is 44.2 Å². The monoisotopic (exact) mass is 535 g/mol. The SMILES string of the molecule is COCCOCOC(=O)c1cc(O)ccc1-c1ccc(C(=O)NCC(C)C)cc1C(=O)OCc1ccccc1. The highest BCUT2D eigenvalue weighted by molar-refractivity contribution is 6.05. The van der Waals surface area contributed by atoms with Crippen LogP contribution >= 0.6 is 0 Å². The van der Waals surface area contributed by atoms with Crippen molar-refractivity contribution in [2.45, 2.75) is 20.5 Å². The van der Waals surface area contributed by atoms with Gasteiger partial charge in [-0.3, -0.25) is 4.79 Å². The summed E-state index contributed by atoms with van der Waals surface area (Å²) in [5.74, 6) is -1.70. The van der Waals surface area contributed by atoms with Gasteiger partial charge >= 0.3 is 11.9 Å². The number of rotatable bonds is 13. The van der Waals surface area contributed by atoms with Crippen molar-refractivity contribution in [2.24, 2.45) is 5.92 Å². The molecule has 0 aliphatic carbocycles. The van der Waals surface area contributed by atoms with E-state index in [9.17, 15) is 19.5 Å². The van der Waals surface area contributed by atoms with Crippen LogP contribution in [0, 0.1) is 5.92 Å². The van der Waals surface area contributed by atoms with Gasteiger partial charge in [-0.25, -0.2) is 9.59 Å². The maximum Gasteiger partial charge on any atom is 0.341 e. The summed E-state index contributed by atoms with van der Waals surface area (Å²) < 4.78 is 20.9. The van der Waals surface area contributed by atoms with Gasteiger partial charge in [0, 0.05) is 19.2 Å². The van der Waals surface area contributed by atoms with Gasteiger partial charge in [-0.05, 0) is 52.9 Å². The molecule has 0 saturated heterocycles. The quantitative estimate of drug-likeness (QED) is 0.185. The van der Waals surface area contributed by atoms with Gasteiger partial charge in [-0.2, -0.15) is 0 Å². The molecule has 0 heterocycles. The average molecular weight is 536 g/mol. The number of benzene rings is 3. The molecule has 0 aliphatic heterocycles. The van der Waals surface area contributed by atoms with Crippen LogP contribution in [0.2, 0.25) is 0 Å². The molecule has 0 saturated carbocycles. The largest absolute Gasteiger partial charge is 0.508 e. The van der Waals surface area contributed by atoms with Crippen molar-refractivity contribution in [2.75, 3.05) is 33.7 Å². The molecule has 3 aromatic carbocycles. The Kier molecular flexibility index (Phi) is 11.0. The number of phenolic OH excluding ortho intramolecular Hbond substituents is 1. The summed E-state index contributed by atoms with van der Waals surface area (Å²) in [4.78, 5) is 39.0. The van der Waals surface area contributed by atoms with E-state index < -0.39 is 11.9 Å². The van der Waals surface area contributed by atoms with Gasteiger partial charge in [0.25, 0.3) is 5.91 Å². The lowest BCUT2D eigenvalue weighted by molar-refractivity contribution is -0.0435. The third kappa shape index (κ3) is 8.66. The maximum atomic E-state index is 13.3. The number of hydrogen-bond acceptors (Lipinski definition) is 8. The number of nitrogens with one attached hydrogen (secondary N) is 1. The van der Waals surface area contributed by atoms with E-state index in [0.29, 0.717) is 24.3 Å². The summed E-state index contributed by atoms with van der Waals surface area (Å²) in [6.45, 7) is 4.68. The molecule has 3 aromatic rings. The molecular weight excluding hydrogens is 502 g/mol. The van der Waals surface area contributed by atoms with Crippen LogP contribution in [0.3, 0.4) is 0 Å². The molecule has 39 heavy (non-hydrogen) atoms. The molecule has 0 unspecified atom stereocenters. The number of carbonyl (C=O) groups excluding carboxylic acids is 3. The van der Waals surface area contributed by atoms with E-state index in [4.69, 9.17) is 18.9 Å². The number of amides is 1. The number of phenols is 1. The van der Waals surface area contributed by atoms with Gasteiger partial charge in [0.1, 0.15) is 12.4 Å². The third-order valence-corrected chi connectivity index (χ3v) is 5.60. The van der Waals surface area contributed by atoms with Crippen LogP contribution in [0.4, 0.5) is 0 Å². The highest BCUT2D eigenvalue weighted by Crippen LogP contribution is 2.32. The Labute approximate surface area is 227 Å². The van der Waals surface area contributed by atoms with E-state index >= 15 is 0 Å². The van der Waals surface area contributed by atoms with Crippen molar-refractivity contribution in [3.05, 3.63) is 89.0 Å². The summed E-state index contributed by atoms with van der Waals surface area (Å²) in [6.07, 6.45) is 0. The van der Waals surface area contributed by atoms with Crippen LogP contribution in [0.5, 0.6) is 5.75 Å². The Morgan fingerprint density at radius 3 is 2.21 bits per heavy atom. The highest BCUT2D eigenvalue weighted by atomic mass is 16.7. The zero-order chi connectivity index (χ0) is 28.2. The summed E-state index contributed by atoms with van der Waals surface area (Å²) in [6, 6.07) is 17.9. The second-order valence-electron chi connectivity index (χ2n) is 9.11. The van der Waals surface area contributed by atoms with Crippen LogP contribution in [0.25, 0.3) is 11.1 Å². The molecule has 1 amide bonds. The second-order valence-corrected chi connectivity index (χ2v) is 9.11. The van der Waals surface area contributed by atoms with Gasteiger partial charge in [0.15, 0.2) is 6.79 Å². The summed E-state index contributed by atoms with van der Waals surface area (Å²) in [5, 5.41) is 12.9. The minimum absolute atomic E-state index is 0.0134. The minimum Gasteiger partial charge on any atom is -0.508 e. The highest BCUT2D eigenvalue weighted by Gasteiger charge is 2.23. The molecule has 9 heteroatoms. The maximum absolute atomic E-state index is 13.3. The Hall–Kier alpha value is -4.21. The topological polar surface area (TPSA) is 120 Å². The van der Waals surface area contributed by atoms with Crippen molar-refractivity contribution in [3.8, 4) is 16.9 Å². The number of aromatic hydroxyl groups is 1. The molecule has 2 N–H and O–H groups in total. The lowest BCUT2D eigenvalue weighted by atomic mass is 9.93. The van der Waals surface area contributed by atoms with Crippen molar-refractivity contribution in [1.82, 2.24) is 5.32 Å². The van der Waals surface area contributed by atoms with Gasteiger partial charge in [0.05, 0.1) is 24.3 Å². The third-order valence-electron chi connectivity index (χ3n) is 5.60. The first-order valence-corrected chi connectivity index (χ1v) is 12.5. The Balaban J connectivity index is 1.96. The summed E-state index contributed by atoms with van der Waals surface area (Å²) in [5.41, 5.74) is 1.80. The number of carbonyl (C=O) groups is 3. The van der Waals surface area contributed by atoms with Gasteiger partial charge < -0.3 is 29.4 Å². The molecule has 0 spiro atoms.